The Morgan fingerprint density at radius 1 is 1.29 bits per heavy atom. The van der Waals surface area contributed by atoms with Crippen molar-refractivity contribution in [3.63, 3.8) is 0 Å². The molecule has 1 fully saturated rings. The highest BCUT2D eigenvalue weighted by atomic mass is 16.5. The van der Waals surface area contributed by atoms with Gasteiger partial charge in [-0.05, 0) is 30.6 Å². The summed E-state index contributed by atoms with van der Waals surface area (Å²) in [6.07, 6.45) is 3.67. The van der Waals surface area contributed by atoms with Crippen LogP contribution in [0.5, 0.6) is 0 Å². The lowest BCUT2D eigenvalue weighted by Crippen LogP contribution is -2.47. The van der Waals surface area contributed by atoms with Gasteiger partial charge in [-0.3, -0.25) is 4.99 Å². The number of nitrogens with zero attached hydrogens (tertiary/aromatic N) is 1. The summed E-state index contributed by atoms with van der Waals surface area (Å²) in [5, 5.41) is 6.84. The molecule has 1 saturated heterocycles. The molecule has 0 bridgehead atoms. The predicted molar refractivity (Wildman–Crippen MR) is 102 cm³/mol. The first-order chi connectivity index (χ1) is 11.3. The van der Waals surface area contributed by atoms with E-state index in [1.807, 2.05) is 7.05 Å². The molecule has 5 nitrogen and oxygen atoms in total. The fourth-order valence-corrected chi connectivity index (χ4v) is 3.16. The molecule has 0 aromatic heterocycles. The van der Waals surface area contributed by atoms with Gasteiger partial charge in [0.05, 0.1) is 6.10 Å². The van der Waals surface area contributed by atoms with Crippen LogP contribution in [0.1, 0.15) is 53.9 Å². The summed E-state index contributed by atoms with van der Waals surface area (Å²) in [5.41, 5.74) is 0.178. The number of guanidine groups is 1. The SMILES string of the molecule is CN=C(NCCCOCC(C)C)NCC1CCCOC1C(C)(C)C. The van der Waals surface area contributed by atoms with E-state index in [2.05, 4.69) is 50.2 Å². The van der Waals surface area contributed by atoms with Crippen molar-refractivity contribution in [3.8, 4) is 0 Å². The van der Waals surface area contributed by atoms with E-state index in [0.29, 0.717) is 17.9 Å². The third-order valence-corrected chi connectivity index (χ3v) is 4.26. The van der Waals surface area contributed by atoms with Gasteiger partial charge in [0.25, 0.3) is 0 Å². The lowest BCUT2D eigenvalue weighted by atomic mass is 9.78. The Balaban J connectivity index is 2.27. The summed E-state index contributed by atoms with van der Waals surface area (Å²) >= 11 is 0. The minimum absolute atomic E-state index is 0.178. The average molecular weight is 342 g/mol. The molecule has 2 unspecified atom stereocenters. The fraction of sp³-hybridized carbons (Fsp3) is 0.947. The molecule has 0 aromatic rings. The van der Waals surface area contributed by atoms with Crippen molar-refractivity contribution in [1.82, 2.24) is 10.6 Å². The summed E-state index contributed by atoms with van der Waals surface area (Å²) in [6, 6.07) is 0. The summed E-state index contributed by atoms with van der Waals surface area (Å²) in [4.78, 5) is 4.32. The van der Waals surface area contributed by atoms with E-state index < -0.39 is 0 Å². The van der Waals surface area contributed by atoms with Crippen LogP contribution in [-0.2, 0) is 9.47 Å². The third kappa shape index (κ3) is 8.34. The predicted octanol–water partition coefficient (Wildman–Crippen LogP) is 3.06. The van der Waals surface area contributed by atoms with Gasteiger partial charge in [-0.2, -0.15) is 0 Å². The van der Waals surface area contributed by atoms with Gasteiger partial charge >= 0.3 is 0 Å². The number of nitrogens with one attached hydrogen (secondary N) is 2. The van der Waals surface area contributed by atoms with E-state index in [1.165, 1.54) is 6.42 Å². The van der Waals surface area contributed by atoms with Crippen LogP contribution in [0.15, 0.2) is 4.99 Å². The molecule has 2 N–H and O–H groups in total. The fourth-order valence-electron chi connectivity index (χ4n) is 3.16. The van der Waals surface area contributed by atoms with Crippen molar-refractivity contribution in [3.05, 3.63) is 0 Å². The third-order valence-electron chi connectivity index (χ3n) is 4.26. The van der Waals surface area contributed by atoms with E-state index in [-0.39, 0.29) is 5.41 Å². The van der Waals surface area contributed by atoms with Gasteiger partial charge in [-0.1, -0.05) is 34.6 Å². The Bertz CT molecular complexity index is 364. The monoisotopic (exact) mass is 341 g/mol. The Morgan fingerprint density at radius 2 is 2.04 bits per heavy atom. The van der Waals surface area contributed by atoms with Gasteiger partial charge in [-0.25, -0.2) is 0 Å². The minimum atomic E-state index is 0.178. The molecule has 0 spiro atoms. The number of hydrogen-bond donors (Lipinski definition) is 2. The maximum absolute atomic E-state index is 6.05. The molecule has 1 heterocycles. The lowest BCUT2D eigenvalue weighted by molar-refractivity contribution is -0.0835. The first-order valence-corrected chi connectivity index (χ1v) is 9.48. The topological polar surface area (TPSA) is 54.9 Å². The van der Waals surface area contributed by atoms with Gasteiger partial charge in [0.1, 0.15) is 0 Å². The molecule has 0 aromatic carbocycles. The molecule has 0 aliphatic carbocycles. The zero-order valence-corrected chi connectivity index (χ0v) is 16.7. The van der Waals surface area contributed by atoms with E-state index in [0.717, 1.165) is 51.7 Å². The van der Waals surface area contributed by atoms with Crippen molar-refractivity contribution < 1.29 is 9.47 Å². The molecular weight excluding hydrogens is 302 g/mol. The molecule has 2 atom stereocenters. The second-order valence-corrected chi connectivity index (χ2v) is 8.26. The molecular formula is C19H39N3O2. The van der Waals surface area contributed by atoms with E-state index >= 15 is 0 Å². The largest absolute Gasteiger partial charge is 0.381 e. The van der Waals surface area contributed by atoms with Gasteiger partial charge < -0.3 is 20.1 Å². The first-order valence-electron chi connectivity index (χ1n) is 9.48. The van der Waals surface area contributed by atoms with Crippen molar-refractivity contribution in [1.29, 1.82) is 0 Å². The maximum atomic E-state index is 6.05. The maximum Gasteiger partial charge on any atom is 0.190 e. The Hall–Kier alpha value is -0.810. The molecule has 0 amide bonds. The summed E-state index contributed by atoms with van der Waals surface area (Å²) < 4.78 is 11.6. The molecule has 0 saturated carbocycles. The quantitative estimate of drug-likeness (QED) is 0.405. The number of ether oxygens (including phenoxy) is 2. The first kappa shape index (κ1) is 21.2. The highest BCUT2D eigenvalue weighted by molar-refractivity contribution is 5.79. The van der Waals surface area contributed by atoms with Crippen LogP contribution in [0, 0.1) is 17.3 Å². The van der Waals surface area contributed by atoms with Crippen LogP contribution in [0.4, 0.5) is 0 Å². The van der Waals surface area contributed by atoms with Gasteiger partial charge in [0, 0.05) is 45.9 Å². The Morgan fingerprint density at radius 3 is 2.67 bits per heavy atom. The van der Waals surface area contributed by atoms with Crippen LogP contribution < -0.4 is 10.6 Å². The van der Waals surface area contributed by atoms with Crippen molar-refractivity contribution in [2.24, 2.45) is 22.2 Å². The highest BCUT2D eigenvalue weighted by Gasteiger charge is 2.35. The van der Waals surface area contributed by atoms with Crippen LogP contribution in [0.2, 0.25) is 0 Å². The molecule has 24 heavy (non-hydrogen) atoms. The average Bonchev–Trinajstić information content (AvgIpc) is 2.52. The Labute approximate surface area is 149 Å². The minimum Gasteiger partial charge on any atom is -0.381 e. The summed E-state index contributed by atoms with van der Waals surface area (Å²) in [5.74, 6) is 2.00. The second kappa shape index (κ2) is 10.9. The zero-order valence-electron chi connectivity index (χ0n) is 16.7. The normalized spacial score (nSPS) is 22.7. The molecule has 1 rings (SSSR count). The zero-order chi connectivity index (χ0) is 18.0. The van der Waals surface area contributed by atoms with Crippen molar-refractivity contribution >= 4 is 5.96 Å². The smallest absolute Gasteiger partial charge is 0.190 e. The molecule has 5 heteroatoms. The van der Waals surface area contributed by atoms with Crippen LogP contribution >= 0.6 is 0 Å². The second-order valence-electron chi connectivity index (χ2n) is 8.26. The van der Waals surface area contributed by atoms with Crippen LogP contribution in [-0.4, -0.2) is 52.0 Å². The highest BCUT2D eigenvalue weighted by Crippen LogP contribution is 2.33. The van der Waals surface area contributed by atoms with Gasteiger partial charge in [-0.15, -0.1) is 0 Å². The van der Waals surface area contributed by atoms with Crippen LogP contribution in [0.25, 0.3) is 0 Å². The summed E-state index contributed by atoms with van der Waals surface area (Å²) in [6.45, 7) is 15.4. The molecule has 142 valence electrons. The van der Waals surface area contributed by atoms with Gasteiger partial charge in [0.15, 0.2) is 5.96 Å². The van der Waals surface area contributed by atoms with Crippen molar-refractivity contribution in [2.75, 3.05) is 40.0 Å². The van der Waals surface area contributed by atoms with E-state index in [9.17, 15) is 0 Å². The molecule has 1 aliphatic heterocycles. The standard InChI is InChI=1S/C19H39N3O2/c1-15(2)14-23-11-8-10-21-18(20-6)22-13-16-9-7-12-24-17(16)19(3,4)5/h15-17H,7-14H2,1-6H3,(H2,20,21,22). The molecule has 0 radical (unpaired) electrons. The lowest BCUT2D eigenvalue weighted by Gasteiger charge is -2.40. The van der Waals surface area contributed by atoms with Crippen LogP contribution in [0.3, 0.4) is 0 Å². The van der Waals surface area contributed by atoms with Gasteiger partial charge in [0.2, 0.25) is 0 Å². The number of hydrogen-bond acceptors (Lipinski definition) is 3. The molecule has 1 aliphatic rings. The van der Waals surface area contributed by atoms with Crippen molar-refractivity contribution in [2.45, 2.75) is 60.0 Å². The Kier molecular flexibility index (Phi) is 9.67. The number of rotatable bonds is 8. The summed E-state index contributed by atoms with van der Waals surface area (Å²) in [7, 11) is 1.82. The van der Waals surface area contributed by atoms with E-state index in [1.54, 1.807) is 0 Å². The van der Waals surface area contributed by atoms with E-state index in [4.69, 9.17) is 9.47 Å². The number of aliphatic imine (C=N–C) groups is 1.